The molecular weight excluding hydrogens is 797 g/mol. The number of esters is 2. The van der Waals surface area contributed by atoms with E-state index in [1.165, 1.54) is 0 Å². The second kappa shape index (κ2) is 41.0. The molecule has 0 aromatic carbocycles. The Labute approximate surface area is 365 Å². The quantitative estimate of drug-likeness (QED) is 0.0152. The Morgan fingerprint density at radius 2 is 1.05 bits per heavy atom. The molecule has 0 heterocycles. The molecule has 0 rings (SSSR count). The molecule has 4 atom stereocenters. The van der Waals surface area contributed by atoms with Crippen LogP contribution in [0.25, 0.3) is 0 Å². The minimum atomic E-state index is -4.77. The summed E-state index contributed by atoms with van der Waals surface area (Å²) < 4.78 is 32.5. The summed E-state index contributed by atoms with van der Waals surface area (Å²) in [6, 6.07) is -1.55. The Kier molecular flexibility index (Phi) is 38.0. The van der Waals surface area contributed by atoms with Gasteiger partial charge in [-0.25, -0.2) is 4.57 Å². The van der Waals surface area contributed by atoms with Crippen molar-refractivity contribution >= 4 is 25.7 Å². The number of hydrogen-bond acceptors (Lipinski definition) is 10. The molecule has 340 valence electrons. The Morgan fingerprint density at radius 3 is 1.54 bits per heavy atom. The lowest BCUT2D eigenvalue weighted by molar-refractivity contribution is -0.161. The Morgan fingerprint density at radius 1 is 0.590 bits per heavy atom. The lowest BCUT2D eigenvalue weighted by Gasteiger charge is -2.20. The van der Waals surface area contributed by atoms with Crippen LogP contribution >= 0.6 is 7.82 Å². The smallest absolute Gasteiger partial charge is 0.472 e. The van der Waals surface area contributed by atoms with E-state index >= 15 is 0 Å². The van der Waals surface area contributed by atoms with Gasteiger partial charge in [0.2, 0.25) is 0 Å². The zero-order valence-electron chi connectivity index (χ0n) is 36.3. The third-order valence-corrected chi connectivity index (χ3v) is 9.02. The van der Waals surface area contributed by atoms with Gasteiger partial charge >= 0.3 is 25.7 Å². The van der Waals surface area contributed by atoms with E-state index in [4.69, 9.17) is 24.8 Å². The second-order valence-electron chi connectivity index (χ2n) is 13.6. The number of aliphatic carboxylic acids is 1. The molecule has 5 N–H and O–H groups in total. The minimum absolute atomic E-state index is 0.0439. The van der Waals surface area contributed by atoms with E-state index < -0.39 is 63.8 Å². The van der Waals surface area contributed by atoms with Crippen molar-refractivity contribution in [3.8, 4) is 0 Å². The van der Waals surface area contributed by atoms with Crippen LogP contribution in [0, 0.1) is 0 Å². The molecule has 0 aliphatic heterocycles. The first kappa shape index (κ1) is 56.6. The molecular formula is C48H72NO11P. The van der Waals surface area contributed by atoms with Crippen molar-refractivity contribution in [1.29, 1.82) is 0 Å². The molecule has 0 radical (unpaired) electrons. The van der Waals surface area contributed by atoms with E-state index in [2.05, 4.69) is 90.4 Å². The third kappa shape index (κ3) is 40.7. The van der Waals surface area contributed by atoms with Gasteiger partial charge in [0.25, 0.3) is 0 Å². The molecule has 13 heteroatoms. The van der Waals surface area contributed by atoms with Crippen LogP contribution < -0.4 is 5.73 Å². The topological polar surface area (TPSA) is 192 Å². The van der Waals surface area contributed by atoms with Crippen molar-refractivity contribution in [2.45, 2.75) is 128 Å². The number of carbonyl (C=O) groups excluding carboxylic acids is 2. The van der Waals surface area contributed by atoms with Gasteiger partial charge < -0.3 is 30.3 Å². The monoisotopic (exact) mass is 869 g/mol. The van der Waals surface area contributed by atoms with Crippen LogP contribution in [-0.2, 0) is 37.5 Å². The normalized spacial score (nSPS) is 15.5. The van der Waals surface area contributed by atoms with Crippen molar-refractivity contribution < 1.29 is 52.6 Å². The van der Waals surface area contributed by atoms with Crippen molar-refractivity contribution in [3.63, 3.8) is 0 Å². The van der Waals surface area contributed by atoms with Crippen molar-refractivity contribution in [2.75, 3.05) is 19.8 Å². The highest BCUT2D eigenvalue weighted by atomic mass is 31.2. The highest BCUT2D eigenvalue weighted by Crippen LogP contribution is 2.43. The largest absolute Gasteiger partial charge is 0.480 e. The molecule has 0 aromatic heterocycles. The highest BCUT2D eigenvalue weighted by Gasteiger charge is 2.28. The fraction of sp³-hybridized carbons (Fsp3) is 0.479. The SMILES string of the molecule is CC/C=C\C/C=C\C/C=C\C/C=C\C/C=C\C/C=C\CCC(=O)OC[C@H](COP(=O)(O)OC[C@H](N)C(=O)O)OC(=O)CCC/C=C\C/C=C\C/C=C\C/C=C\C=C\[C@H](O)CC. The number of aliphatic hydroxyl groups excluding tert-OH is 1. The number of carboxylic acids is 1. The molecule has 0 bridgehead atoms. The molecule has 0 aromatic rings. The fourth-order valence-electron chi connectivity index (χ4n) is 4.60. The lowest BCUT2D eigenvalue weighted by atomic mass is 10.2. The maximum atomic E-state index is 12.6. The second-order valence-corrected chi connectivity index (χ2v) is 15.0. The van der Waals surface area contributed by atoms with Gasteiger partial charge in [-0.05, 0) is 83.5 Å². The van der Waals surface area contributed by atoms with Crippen LogP contribution in [0.3, 0.4) is 0 Å². The van der Waals surface area contributed by atoms with Crippen LogP contribution in [0.2, 0.25) is 0 Å². The number of nitrogens with two attached hydrogens (primary N) is 1. The number of rotatable bonds is 37. The maximum absolute atomic E-state index is 12.6. The molecule has 0 saturated heterocycles. The first-order valence-corrected chi connectivity index (χ1v) is 22.8. The van der Waals surface area contributed by atoms with E-state index in [1.807, 2.05) is 55.5 Å². The summed E-state index contributed by atoms with van der Waals surface area (Å²) >= 11 is 0. The summed E-state index contributed by atoms with van der Waals surface area (Å²) in [5, 5.41) is 18.4. The summed E-state index contributed by atoms with van der Waals surface area (Å²) in [6.07, 6.45) is 53.5. The van der Waals surface area contributed by atoms with E-state index in [0.29, 0.717) is 32.1 Å². The number of phosphoric acid groups is 1. The number of hydrogen-bond donors (Lipinski definition) is 4. The zero-order valence-corrected chi connectivity index (χ0v) is 37.2. The van der Waals surface area contributed by atoms with Crippen molar-refractivity contribution in [1.82, 2.24) is 0 Å². The van der Waals surface area contributed by atoms with Gasteiger partial charge in [0.15, 0.2) is 6.10 Å². The van der Waals surface area contributed by atoms with Gasteiger partial charge in [0.1, 0.15) is 12.6 Å². The minimum Gasteiger partial charge on any atom is -0.480 e. The van der Waals surface area contributed by atoms with Crippen LogP contribution in [0.1, 0.15) is 110 Å². The molecule has 61 heavy (non-hydrogen) atoms. The summed E-state index contributed by atoms with van der Waals surface area (Å²) in [5.74, 6) is -2.61. The molecule has 0 spiro atoms. The molecule has 0 aliphatic carbocycles. The van der Waals surface area contributed by atoms with E-state index in [-0.39, 0.29) is 12.8 Å². The summed E-state index contributed by atoms with van der Waals surface area (Å²) in [7, 11) is -4.77. The zero-order chi connectivity index (χ0) is 45.1. The van der Waals surface area contributed by atoms with Gasteiger partial charge in [0, 0.05) is 12.8 Å². The molecule has 0 saturated carbocycles. The predicted octanol–water partition coefficient (Wildman–Crippen LogP) is 10.4. The van der Waals surface area contributed by atoms with Crippen LogP contribution in [0.15, 0.2) is 134 Å². The summed E-state index contributed by atoms with van der Waals surface area (Å²) in [6.45, 7) is 2.18. The standard InChI is InChI=1S/C48H72NO11P/c1-3-5-6-7-8-9-10-11-12-13-14-15-16-20-23-26-29-32-35-38-46(51)57-40-44(41-58-61(55,56)59-42-45(49)48(53)54)60-47(52)39-36-33-30-27-24-21-18-17-19-22-25-28-31-34-37-43(50)4-2/h5-6,8-9,11-12,14-15,18-23,27-32,34,37,43-45,50H,3-4,7,10,13,16-17,24-26,33,35-36,38-42,49H2,1-2H3,(H,53,54)(H,55,56)/b6-5-,9-8-,12-11-,15-14-,21-18-,22-19-,23-20-,30-27-,31-28-,32-29-,37-34+/t43-,44-,45+/m1/s1. The Balaban J connectivity index is 4.64. The van der Waals surface area contributed by atoms with Crippen LogP contribution in [-0.4, -0.2) is 71.1 Å². The summed E-state index contributed by atoms with van der Waals surface area (Å²) in [4.78, 5) is 45.9. The van der Waals surface area contributed by atoms with Crippen LogP contribution in [0.4, 0.5) is 0 Å². The Bertz CT molecular complexity index is 1550. The summed E-state index contributed by atoms with van der Waals surface area (Å²) in [5.41, 5.74) is 5.32. The number of phosphoric ester groups is 1. The first-order valence-electron chi connectivity index (χ1n) is 21.3. The maximum Gasteiger partial charge on any atom is 0.472 e. The van der Waals surface area contributed by atoms with E-state index in [9.17, 15) is 28.9 Å². The number of allylic oxidation sites excluding steroid dienone is 21. The lowest BCUT2D eigenvalue weighted by Crippen LogP contribution is -2.34. The number of aliphatic hydroxyl groups is 1. The van der Waals surface area contributed by atoms with Gasteiger partial charge in [-0.15, -0.1) is 0 Å². The van der Waals surface area contributed by atoms with Gasteiger partial charge in [-0.3, -0.25) is 23.4 Å². The van der Waals surface area contributed by atoms with Crippen molar-refractivity contribution in [2.24, 2.45) is 5.73 Å². The average molecular weight is 870 g/mol. The van der Waals surface area contributed by atoms with Crippen LogP contribution in [0.5, 0.6) is 0 Å². The van der Waals surface area contributed by atoms with E-state index in [1.54, 1.807) is 6.08 Å². The van der Waals surface area contributed by atoms with Gasteiger partial charge in [-0.2, -0.15) is 0 Å². The predicted molar refractivity (Wildman–Crippen MR) is 245 cm³/mol. The number of unbranched alkanes of at least 4 members (excludes halogenated alkanes) is 1. The molecule has 0 fully saturated rings. The first-order chi connectivity index (χ1) is 29.5. The fourth-order valence-corrected chi connectivity index (χ4v) is 5.38. The molecule has 1 unspecified atom stereocenters. The molecule has 0 amide bonds. The van der Waals surface area contributed by atoms with Gasteiger partial charge in [0.05, 0.1) is 19.3 Å². The third-order valence-electron chi connectivity index (χ3n) is 8.06. The Hall–Kier alpha value is -4.42. The molecule has 12 nitrogen and oxygen atoms in total. The average Bonchev–Trinajstić information content (AvgIpc) is 3.24. The number of carboxylic acid groups (broad SMARTS) is 1. The van der Waals surface area contributed by atoms with Gasteiger partial charge in [-0.1, -0.05) is 148 Å². The molecule has 0 aliphatic rings. The highest BCUT2D eigenvalue weighted by molar-refractivity contribution is 7.47. The van der Waals surface area contributed by atoms with Crippen molar-refractivity contribution in [3.05, 3.63) is 134 Å². The van der Waals surface area contributed by atoms with E-state index in [0.717, 1.165) is 51.4 Å². The number of carbonyl (C=O) groups is 3. The number of ether oxygens (including phenoxy) is 2.